The third kappa shape index (κ3) is 9.42. The van der Waals surface area contributed by atoms with Crippen molar-refractivity contribution in [3.05, 3.63) is 338 Å². The monoisotopic (exact) mass is 1130 g/mol. The van der Waals surface area contributed by atoms with Crippen molar-refractivity contribution in [3.63, 3.8) is 0 Å². The zero-order valence-electron chi connectivity index (χ0n) is 49.1. The summed E-state index contributed by atoms with van der Waals surface area (Å²) in [5.74, 6) is -0.618. The Morgan fingerprint density at radius 1 is 0.273 bits per heavy atom. The van der Waals surface area contributed by atoms with Gasteiger partial charge >= 0.3 is 0 Å². The molecule has 0 aromatic heterocycles. The molecular weight excluding hydrogens is 1070 g/mol. The number of halogens is 2. The van der Waals surface area contributed by atoms with Gasteiger partial charge < -0.3 is 9.80 Å². The maximum Gasteiger partial charge on any atom is 0.155 e. The molecule has 0 aliphatic heterocycles. The lowest BCUT2D eigenvalue weighted by Crippen LogP contribution is -2.25. The molecule has 1 aliphatic carbocycles. The molecule has 0 amide bonds. The Kier molecular flexibility index (Phi) is 13.5. The summed E-state index contributed by atoms with van der Waals surface area (Å²) in [4.78, 5) is 4.20. The van der Waals surface area contributed by atoms with E-state index in [0.717, 1.165) is 111 Å². The Hall–Kier alpha value is -10.9. The molecule has 14 aromatic rings. The lowest BCUT2D eigenvalue weighted by molar-refractivity contribution is 0.632. The molecule has 0 radical (unpaired) electrons. The fourth-order valence-electron chi connectivity index (χ4n) is 13.5. The van der Waals surface area contributed by atoms with Gasteiger partial charge in [-0.15, -0.1) is 0 Å². The van der Waals surface area contributed by atoms with Crippen molar-refractivity contribution in [2.45, 2.75) is 26.2 Å². The van der Waals surface area contributed by atoms with E-state index in [9.17, 15) is 0 Å². The molecule has 1 aliphatic rings. The number of hydrogen-bond acceptors (Lipinski definition) is 2. The molecule has 14 aromatic carbocycles. The summed E-state index contributed by atoms with van der Waals surface area (Å²) >= 11 is 0. The van der Waals surface area contributed by atoms with Crippen LogP contribution in [0.4, 0.5) is 42.9 Å². The lowest BCUT2D eigenvalue weighted by Gasteiger charge is -2.38. The Morgan fingerprint density at radius 2 is 0.648 bits per heavy atom. The van der Waals surface area contributed by atoms with Crippen LogP contribution in [-0.2, 0) is 5.41 Å². The summed E-state index contributed by atoms with van der Waals surface area (Å²) in [5, 5.41) is 4.50. The Morgan fingerprint density at radius 3 is 1.09 bits per heavy atom. The lowest BCUT2D eigenvalue weighted by atomic mass is 9.67. The number of rotatable bonds is 12. The highest BCUT2D eigenvalue weighted by atomic mass is 19.1. The van der Waals surface area contributed by atoms with Gasteiger partial charge in [-0.05, 0) is 185 Å². The Bertz CT molecular complexity index is 4910. The average Bonchev–Trinajstić information content (AvgIpc) is 0.726. The van der Waals surface area contributed by atoms with Crippen molar-refractivity contribution < 1.29 is 8.78 Å². The smallest absolute Gasteiger partial charge is 0.155 e. The molecule has 0 unspecified atom stereocenters. The van der Waals surface area contributed by atoms with Crippen molar-refractivity contribution in [3.8, 4) is 77.9 Å². The van der Waals surface area contributed by atoms with Crippen LogP contribution in [0, 0.1) is 18.6 Å². The van der Waals surface area contributed by atoms with E-state index in [4.69, 9.17) is 0 Å². The first-order chi connectivity index (χ1) is 43.2. The van der Waals surface area contributed by atoms with Crippen LogP contribution in [0.3, 0.4) is 0 Å². The van der Waals surface area contributed by atoms with Crippen molar-refractivity contribution >= 4 is 55.7 Å². The van der Waals surface area contributed by atoms with Crippen molar-refractivity contribution in [1.29, 1.82) is 0 Å². The summed E-state index contributed by atoms with van der Waals surface area (Å²) in [6, 6.07) is 106. The Balaban J connectivity index is 0.920. The van der Waals surface area contributed by atoms with Crippen LogP contribution in [-0.4, -0.2) is 0 Å². The van der Waals surface area contributed by atoms with Gasteiger partial charge in [0, 0.05) is 39.3 Å². The number of hydrogen-bond donors (Lipinski definition) is 0. The highest BCUT2D eigenvalue weighted by molar-refractivity contribution is 6.19. The van der Waals surface area contributed by atoms with E-state index in [1.807, 2.05) is 133 Å². The van der Waals surface area contributed by atoms with E-state index in [1.165, 1.54) is 16.5 Å². The molecule has 0 spiro atoms. The minimum atomic E-state index is -0.514. The number of nitrogens with zero attached hydrogens (tertiary/aromatic N) is 2. The fraction of sp³-hybridized carbons (Fsp3) is 0.0476. The second kappa shape index (κ2) is 22.2. The quantitative estimate of drug-likeness (QED) is 0.113. The third-order valence-corrected chi connectivity index (χ3v) is 18.0. The molecule has 88 heavy (non-hydrogen) atoms. The number of aryl methyl sites for hydroxylation is 1. The van der Waals surface area contributed by atoms with Crippen molar-refractivity contribution in [2.75, 3.05) is 9.80 Å². The predicted molar refractivity (Wildman–Crippen MR) is 366 cm³/mol. The summed E-state index contributed by atoms with van der Waals surface area (Å²) < 4.78 is 36.3. The van der Waals surface area contributed by atoms with Crippen LogP contribution in [0.1, 0.15) is 30.5 Å². The molecule has 0 atom stereocenters. The zero-order valence-corrected chi connectivity index (χ0v) is 49.1. The summed E-state index contributed by atoms with van der Waals surface area (Å²) in [6.45, 7) is 6.88. The van der Waals surface area contributed by atoms with Crippen LogP contribution in [0.25, 0.3) is 99.4 Å². The summed E-state index contributed by atoms with van der Waals surface area (Å²) in [6.07, 6.45) is 0. The van der Waals surface area contributed by atoms with Gasteiger partial charge in [-0.3, -0.25) is 0 Å². The van der Waals surface area contributed by atoms with E-state index in [-0.39, 0.29) is 11.6 Å². The van der Waals surface area contributed by atoms with E-state index < -0.39 is 5.41 Å². The zero-order chi connectivity index (χ0) is 59.5. The first kappa shape index (κ1) is 53.8. The van der Waals surface area contributed by atoms with E-state index >= 15 is 8.78 Å². The molecule has 0 N–H and O–H groups in total. The van der Waals surface area contributed by atoms with Crippen molar-refractivity contribution in [2.24, 2.45) is 0 Å². The molecule has 0 fully saturated rings. The minimum absolute atomic E-state index is 0.308. The Labute approximate surface area is 513 Å². The maximum absolute atomic E-state index is 18.1. The summed E-state index contributed by atoms with van der Waals surface area (Å²) in [5.41, 5.74) is 20.4. The largest absolute Gasteiger partial charge is 0.308 e. The number of fused-ring (bicyclic) bond motifs is 4. The minimum Gasteiger partial charge on any atom is -0.308 e. The van der Waals surface area contributed by atoms with Crippen LogP contribution in [0.15, 0.2) is 309 Å². The molecule has 0 heterocycles. The van der Waals surface area contributed by atoms with Gasteiger partial charge in [0.25, 0.3) is 0 Å². The fourth-order valence-corrected chi connectivity index (χ4v) is 13.5. The van der Waals surface area contributed by atoms with Crippen molar-refractivity contribution in [1.82, 2.24) is 0 Å². The topological polar surface area (TPSA) is 6.48 Å². The number of benzene rings is 14. The second-order valence-electron chi connectivity index (χ2n) is 23.5. The molecular formula is C84H60F2N2. The summed E-state index contributed by atoms with van der Waals surface area (Å²) in [7, 11) is 0. The standard InChI is InChI=1S/C84H60F2N2/c1-55-70-47-45-68(87(66-41-37-60(38-42-66)56-23-10-4-11-24-56)78-51-64(58-27-14-6-15-28-58)49-73(82(78)85)62-31-18-8-19-32-62)53-75(70)71-35-22-36-76-81(71)80(55)72-48-46-69(54-77(72)84(76,2)3)88(67-43-39-61(40-44-67)57-25-12-5-13-26-57)79-52-65(59-29-16-7-17-30-59)50-74(83(79)86)63-33-20-9-21-34-63/h4-54H,1-3H3. The van der Waals surface area contributed by atoms with E-state index in [0.29, 0.717) is 22.5 Å². The van der Waals surface area contributed by atoms with E-state index in [1.54, 1.807) is 0 Å². The average molecular weight is 1140 g/mol. The van der Waals surface area contributed by atoms with Crippen LogP contribution in [0.2, 0.25) is 0 Å². The first-order valence-electron chi connectivity index (χ1n) is 30.1. The van der Waals surface area contributed by atoms with Gasteiger partial charge in [-0.1, -0.05) is 250 Å². The van der Waals surface area contributed by atoms with Gasteiger partial charge in [-0.25, -0.2) is 8.78 Å². The molecule has 0 saturated carbocycles. The van der Waals surface area contributed by atoms with Gasteiger partial charge in [0.2, 0.25) is 0 Å². The van der Waals surface area contributed by atoms with Gasteiger partial charge in [-0.2, -0.15) is 0 Å². The highest BCUT2D eigenvalue weighted by Gasteiger charge is 2.36. The van der Waals surface area contributed by atoms with Crippen LogP contribution < -0.4 is 9.80 Å². The molecule has 2 nitrogen and oxygen atoms in total. The van der Waals surface area contributed by atoms with Gasteiger partial charge in [0.1, 0.15) is 0 Å². The second-order valence-corrected chi connectivity index (χ2v) is 23.5. The normalized spacial score (nSPS) is 12.2. The van der Waals surface area contributed by atoms with Crippen LogP contribution in [0.5, 0.6) is 0 Å². The van der Waals surface area contributed by atoms with E-state index in [2.05, 4.69) is 206 Å². The highest BCUT2D eigenvalue weighted by Crippen LogP contribution is 2.55. The molecule has 4 heteroatoms. The third-order valence-electron chi connectivity index (χ3n) is 18.0. The molecule has 15 rings (SSSR count). The predicted octanol–water partition coefficient (Wildman–Crippen LogP) is 23.8. The molecule has 0 bridgehead atoms. The maximum atomic E-state index is 18.1. The molecule has 420 valence electrons. The SMILES string of the molecule is Cc1c2c3c(cccc3c3cc(N(c4ccc(-c5ccccc5)cc4)c4cc(-c5ccccc5)cc(-c5ccccc5)c4F)ccc13)C(C)(C)c1cc(N(c3ccc(-c4ccccc4)cc3)c3cc(-c4ccccc4)cc(-c4ccccc4)c3F)ccc1-2. The molecule has 0 saturated heterocycles. The number of anilines is 6. The first-order valence-corrected chi connectivity index (χ1v) is 30.1. The van der Waals surface area contributed by atoms with Crippen LogP contribution >= 0.6 is 0 Å². The van der Waals surface area contributed by atoms with Gasteiger partial charge in [0.15, 0.2) is 11.6 Å². The van der Waals surface area contributed by atoms with Gasteiger partial charge in [0.05, 0.1) is 11.4 Å².